The van der Waals surface area contributed by atoms with Gasteiger partial charge in [-0.25, -0.2) is 4.98 Å². The highest BCUT2D eigenvalue weighted by Gasteiger charge is 2.14. The molecule has 0 aliphatic heterocycles. The molecule has 0 unspecified atom stereocenters. The molecule has 1 aromatic heterocycles. The number of nitro groups is 1. The maximum Gasteiger partial charge on any atom is 0.272 e. The Morgan fingerprint density at radius 3 is 2.66 bits per heavy atom. The number of rotatable bonds is 4. The van der Waals surface area contributed by atoms with Crippen LogP contribution in [-0.2, 0) is 0 Å². The van der Waals surface area contributed by atoms with E-state index in [1.165, 1.54) is 23.8 Å². The Hall–Kier alpha value is -3.58. The van der Waals surface area contributed by atoms with Crippen molar-refractivity contribution in [3.05, 3.63) is 87.5 Å². The Morgan fingerprint density at radius 1 is 1.07 bits per heavy atom. The van der Waals surface area contributed by atoms with Crippen LogP contribution in [0.1, 0.15) is 21.5 Å². The van der Waals surface area contributed by atoms with E-state index < -0.39 is 4.92 Å². The van der Waals surface area contributed by atoms with Crippen molar-refractivity contribution in [3.8, 4) is 10.6 Å². The highest BCUT2D eigenvalue weighted by molar-refractivity contribution is 7.21. The first-order valence-corrected chi connectivity index (χ1v) is 9.76. The minimum atomic E-state index is -0.458. The number of anilines is 1. The first kappa shape index (κ1) is 18.8. The van der Waals surface area contributed by atoms with E-state index in [1.807, 2.05) is 30.3 Å². The molecule has 0 bridgehead atoms. The number of carbonyl (C=O) groups excluding carboxylic acids is 1. The number of aryl methyl sites for hydroxylation is 2. The second-order valence-corrected chi connectivity index (χ2v) is 7.81. The molecular formula is C22H17N3O3S. The summed E-state index contributed by atoms with van der Waals surface area (Å²) in [5, 5.41) is 14.7. The van der Waals surface area contributed by atoms with Crippen LogP contribution in [0.2, 0.25) is 0 Å². The number of aromatic nitrogens is 1. The van der Waals surface area contributed by atoms with Crippen molar-refractivity contribution in [2.24, 2.45) is 0 Å². The summed E-state index contributed by atoms with van der Waals surface area (Å²) >= 11 is 1.61. The van der Waals surface area contributed by atoms with E-state index in [0.29, 0.717) is 16.8 Å². The van der Waals surface area contributed by atoms with Crippen LogP contribution in [0.3, 0.4) is 0 Å². The van der Waals surface area contributed by atoms with Crippen molar-refractivity contribution in [1.82, 2.24) is 4.98 Å². The van der Waals surface area contributed by atoms with Crippen LogP contribution in [0.25, 0.3) is 20.8 Å². The largest absolute Gasteiger partial charge is 0.322 e. The molecule has 1 amide bonds. The quantitative estimate of drug-likeness (QED) is 0.348. The van der Waals surface area contributed by atoms with E-state index in [9.17, 15) is 14.9 Å². The molecule has 6 nitrogen and oxygen atoms in total. The van der Waals surface area contributed by atoms with Crippen molar-refractivity contribution in [3.63, 3.8) is 0 Å². The number of amides is 1. The maximum absolute atomic E-state index is 12.6. The second-order valence-electron chi connectivity index (χ2n) is 6.78. The van der Waals surface area contributed by atoms with E-state index >= 15 is 0 Å². The van der Waals surface area contributed by atoms with Crippen molar-refractivity contribution in [1.29, 1.82) is 0 Å². The number of nitrogens with zero attached hydrogens (tertiary/aromatic N) is 2. The van der Waals surface area contributed by atoms with Gasteiger partial charge >= 0.3 is 0 Å². The lowest BCUT2D eigenvalue weighted by molar-refractivity contribution is -0.385. The molecule has 0 aliphatic carbocycles. The SMILES string of the molecule is Cc1ccc2nc(-c3cccc(NC(=O)c4ccc([N+](=O)[O-])c(C)c4)c3)sc2c1. The molecule has 0 saturated carbocycles. The summed E-state index contributed by atoms with van der Waals surface area (Å²) < 4.78 is 1.12. The topological polar surface area (TPSA) is 85.1 Å². The van der Waals surface area contributed by atoms with Crippen molar-refractivity contribution in [2.45, 2.75) is 13.8 Å². The molecule has 1 heterocycles. The molecule has 4 rings (SSSR count). The molecule has 1 N–H and O–H groups in total. The molecule has 0 radical (unpaired) electrons. The fraction of sp³-hybridized carbons (Fsp3) is 0.0909. The van der Waals surface area contributed by atoms with E-state index in [0.717, 1.165) is 20.8 Å². The monoisotopic (exact) mass is 403 g/mol. The van der Waals surface area contributed by atoms with Gasteiger partial charge in [0.15, 0.2) is 0 Å². The van der Waals surface area contributed by atoms with Crippen molar-refractivity contribution >= 4 is 38.8 Å². The van der Waals surface area contributed by atoms with E-state index in [4.69, 9.17) is 0 Å². The minimum Gasteiger partial charge on any atom is -0.322 e. The zero-order chi connectivity index (χ0) is 20.5. The summed E-state index contributed by atoms with van der Waals surface area (Å²) in [6.07, 6.45) is 0. The summed E-state index contributed by atoms with van der Waals surface area (Å²) in [7, 11) is 0. The third-order valence-corrected chi connectivity index (χ3v) is 5.63. The summed E-state index contributed by atoms with van der Waals surface area (Å²) in [4.78, 5) is 27.8. The van der Waals surface area contributed by atoms with Crippen LogP contribution in [0, 0.1) is 24.0 Å². The fourth-order valence-corrected chi connectivity index (χ4v) is 4.15. The zero-order valence-corrected chi connectivity index (χ0v) is 16.6. The average molecular weight is 403 g/mol. The van der Waals surface area contributed by atoms with Crippen LogP contribution >= 0.6 is 11.3 Å². The van der Waals surface area contributed by atoms with Gasteiger partial charge in [0.05, 0.1) is 15.1 Å². The van der Waals surface area contributed by atoms with Gasteiger partial charge in [0.2, 0.25) is 0 Å². The lowest BCUT2D eigenvalue weighted by Gasteiger charge is -2.07. The highest BCUT2D eigenvalue weighted by Crippen LogP contribution is 2.32. The standard InChI is InChI=1S/C22H17N3O3S/c1-13-6-8-18-20(10-13)29-22(24-18)16-4-3-5-17(12-16)23-21(26)15-7-9-19(25(27)28)14(2)11-15/h3-12H,1-2H3,(H,23,26). The second kappa shape index (κ2) is 7.44. The molecule has 0 spiro atoms. The van der Waals surface area contributed by atoms with Gasteiger partial charge < -0.3 is 5.32 Å². The molecule has 0 saturated heterocycles. The van der Waals surface area contributed by atoms with Crippen molar-refractivity contribution < 1.29 is 9.72 Å². The lowest BCUT2D eigenvalue weighted by atomic mass is 10.1. The molecule has 3 aromatic carbocycles. The number of carbonyl (C=O) groups is 1. The van der Waals surface area contributed by atoms with Crippen LogP contribution in [0.15, 0.2) is 60.7 Å². The van der Waals surface area contributed by atoms with Gasteiger partial charge in [-0.3, -0.25) is 14.9 Å². The molecule has 0 aliphatic rings. The summed E-state index contributed by atoms with van der Waals surface area (Å²) in [6, 6.07) is 18.0. The first-order chi connectivity index (χ1) is 13.9. The van der Waals surface area contributed by atoms with Crippen LogP contribution in [0.4, 0.5) is 11.4 Å². The summed E-state index contributed by atoms with van der Waals surface area (Å²) in [5.74, 6) is -0.319. The number of benzene rings is 3. The van der Waals surface area contributed by atoms with Crippen LogP contribution in [0.5, 0.6) is 0 Å². The van der Waals surface area contributed by atoms with Gasteiger partial charge in [0, 0.05) is 28.4 Å². The molecule has 0 fully saturated rings. The smallest absolute Gasteiger partial charge is 0.272 e. The van der Waals surface area contributed by atoms with Gasteiger partial charge in [-0.2, -0.15) is 0 Å². The molecule has 4 aromatic rings. The lowest BCUT2D eigenvalue weighted by Crippen LogP contribution is -2.12. The normalized spacial score (nSPS) is 10.8. The predicted molar refractivity (Wildman–Crippen MR) is 116 cm³/mol. The molecule has 0 atom stereocenters. The third-order valence-electron chi connectivity index (χ3n) is 4.57. The van der Waals surface area contributed by atoms with Gasteiger partial charge in [-0.05, 0) is 55.8 Å². The molecular weight excluding hydrogens is 386 g/mol. The van der Waals surface area contributed by atoms with E-state index in [-0.39, 0.29) is 11.6 Å². The van der Waals surface area contributed by atoms with Crippen LogP contribution in [-0.4, -0.2) is 15.8 Å². The number of fused-ring (bicyclic) bond motifs is 1. The molecule has 144 valence electrons. The predicted octanol–water partition coefficient (Wildman–Crippen LogP) is 5.74. The third kappa shape index (κ3) is 3.86. The number of thiazole rings is 1. The number of hydrogen-bond acceptors (Lipinski definition) is 5. The Kier molecular flexibility index (Phi) is 4.82. The van der Waals surface area contributed by atoms with E-state index in [1.54, 1.807) is 24.3 Å². The first-order valence-electron chi connectivity index (χ1n) is 8.95. The number of nitrogens with one attached hydrogen (secondary N) is 1. The van der Waals surface area contributed by atoms with Gasteiger partial charge in [0.1, 0.15) is 5.01 Å². The van der Waals surface area contributed by atoms with E-state index in [2.05, 4.69) is 23.3 Å². The number of nitro benzene ring substituents is 1. The Labute approximate surface area is 171 Å². The fourth-order valence-electron chi connectivity index (χ4n) is 3.09. The average Bonchev–Trinajstić information content (AvgIpc) is 3.11. The minimum absolute atomic E-state index is 0.00498. The highest BCUT2D eigenvalue weighted by atomic mass is 32.1. The Bertz CT molecular complexity index is 1260. The molecule has 7 heteroatoms. The Balaban J connectivity index is 1.59. The van der Waals surface area contributed by atoms with Gasteiger partial charge in [0.25, 0.3) is 11.6 Å². The van der Waals surface area contributed by atoms with Crippen molar-refractivity contribution in [2.75, 3.05) is 5.32 Å². The summed E-state index contributed by atoms with van der Waals surface area (Å²) in [6.45, 7) is 3.67. The Morgan fingerprint density at radius 2 is 1.90 bits per heavy atom. The molecule has 29 heavy (non-hydrogen) atoms. The number of hydrogen-bond donors (Lipinski definition) is 1. The maximum atomic E-state index is 12.6. The summed E-state index contributed by atoms with van der Waals surface area (Å²) in [5.41, 5.74) is 4.50. The van der Waals surface area contributed by atoms with Crippen LogP contribution < -0.4 is 5.32 Å². The van der Waals surface area contributed by atoms with Gasteiger partial charge in [-0.1, -0.05) is 18.2 Å². The zero-order valence-electron chi connectivity index (χ0n) is 15.8. The van der Waals surface area contributed by atoms with Gasteiger partial charge in [-0.15, -0.1) is 11.3 Å².